The van der Waals surface area contributed by atoms with Crippen LogP contribution >= 0.6 is 11.8 Å². The standard InChI is InChI=1S/C19H25N3O2S/c1-5-22-17(13(2)3)11-20-19(22)25-12-18(24)21-16-8-6-7-15(10-16)9-14(4)23/h6-8,10-11,13H,5,9,12H2,1-4H3,(H,21,24). The molecule has 0 aliphatic heterocycles. The van der Waals surface area contributed by atoms with Crippen molar-refractivity contribution in [3.63, 3.8) is 0 Å². The molecule has 0 fully saturated rings. The van der Waals surface area contributed by atoms with Gasteiger partial charge in [0.05, 0.1) is 5.75 Å². The molecule has 2 rings (SSSR count). The molecule has 0 saturated heterocycles. The highest BCUT2D eigenvalue weighted by Crippen LogP contribution is 2.23. The molecule has 1 aromatic carbocycles. The second-order valence-electron chi connectivity index (χ2n) is 6.28. The van der Waals surface area contributed by atoms with Gasteiger partial charge in [-0.25, -0.2) is 4.98 Å². The maximum Gasteiger partial charge on any atom is 0.234 e. The van der Waals surface area contributed by atoms with Crippen molar-refractivity contribution in [3.05, 3.63) is 41.7 Å². The Labute approximate surface area is 153 Å². The first kappa shape index (κ1) is 19.2. The number of hydrogen-bond acceptors (Lipinski definition) is 4. The van der Waals surface area contributed by atoms with E-state index in [9.17, 15) is 9.59 Å². The molecule has 0 spiro atoms. The molecule has 0 unspecified atom stereocenters. The summed E-state index contributed by atoms with van der Waals surface area (Å²) >= 11 is 1.44. The lowest BCUT2D eigenvalue weighted by Crippen LogP contribution is -2.15. The Bertz CT molecular complexity index is 753. The Morgan fingerprint density at radius 2 is 2.08 bits per heavy atom. The molecule has 0 bridgehead atoms. The van der Waals surface area contributed by atoms with E-state index in [0.717, 1.165) is 17.3 Å². The Kier molecular flexibility index (Phi) is 6.82. The van der Waals surface area contributed by atoms with E-state index in [0.29, 0.717) is 23.8 Å². The molecule has 1 heterocycles. The highest BCUT2D eigenvalue weighted by molar-refractivity contribution is 7.99. The van der Waals surface area contributed by atoms with Crippen LogP contribution in [0.5, 0.6) is 0 Å². The van der Waals surface area contributed by atoms with Crippen molar-refractivity contribution in [1.29, 1.82) is 0 Å². The quantitative estimate of drug-likeness (QED) is 0.726. The van der Waals surface area contributed by atoms with Crippen molar-refractivity contribution in [2.75, 3.05) is 11.1 Å². The van der Waals surface area contributed by atoms with E-state index < -0.39 is 0 Å². The van der Waals surface area contributed by atoms with Gasteiger partial charge in [0.25, 0.3) is 0 Å². The van der Waals surface area contributed by atoms with Crippen LogP contribution in [-0.4, -0.2) is 27.0 Å². The third-order valence-electron chi connectivity index (χ3n) is 3.75. The van der Waals surface area contributed by atoms with Gasteiger partial charge in [-0.05, 0) is 37.5 Å². The summed E-state index contributed by atoms with van der Waals surface area (Å²) in [5, 5.41) is 3.75. The van der Waals surface area contributed by atoms with Crippen LogP contribution in [-0.2, 0) is 22.6 Å². The first-order chi connectivity index (χ1) is 11.9. The third kappa shape index (κ3) is 5.46. The van der Waals surface area contributed by atoms with E-state index in [1.54, 1.807) is 6.92 Å². The summed E-state index contributed by atoms with van der Waals surface area (Å²) in [5.74, 6) is 0.721. The molecule has 134 valence electrons. The molecule has 1 N–H and O–H groups in total. The lowest BCUT2D eigenvalue weighted by molar-refractivity contribution is -0.116. The topological polar surface area (TPSA) is 64.0 Å². The van der Waals surface area contributed by atoms with Crippen molar-refractivity contribution in [2.24, 2.45) is 0 Å². The number of carbonyl (C=O) groups is 2. The van der Waals surface area contributed by atoms with Crippen LogP contribution in [0.15, 0.2) is 35.6 Å². The Morgan fingerprint density at radius 3 is 2.72 bits per heavy atom. The Hall–Kier alpha value is -2.08. The maximum absolute atomic E-state index is 12.2. The fraction of sp³-hybridized carbons (Fsp3) is 0.421. The number of carbonyl (C=O) groups excluding carboxylic acids is 2. The maximum atomic E-state index is 12.2. The zero-order chi connectivity index (χ0) is 18.4. The number of amides is 1. The molecule has 1 aromatic heterocycles. The second kappa shape index (κ2) is 8.85. The van der Waals surface area contributed by atoms with Crippen molar-refractivity contribution in [1.82, 2.24) is 9.55 Å². The molecule has 0 radical (unpaired) electrons. The Morgan fingerprint density at radius 1 is 1.32 bits per heavy atom. The highest BCUT2D eigenvalue weighted by atomic mass is 32.2. The monoisotopic (exact) mass is 359 g/mol. The molecular weight excluding hydrogens is 334 g/mol. The number of nitrogens with zero attached hydrogens (tertiary/aromatic N) is 2. The predicted molar refractivity (Wildman–Crippen MR) is 102 cm³/mol. The normalized spacial score (nSPS) is 10.9. The molecule has 25 heavy (non-hydrogen) atoms. The molecule has 0 aliphatic carbocycles. The molecule has 0 atom stereocenters. The number of thioether (sulfide) groups is 1. The summed E-state index contributed by atoms with van der Waals surface area (Å²) in [6, 6.07) is 7.40. The lowest BCUT2D eigenvalue weighted by atomic mass is 10.1. The first-order valence-electron chi connectivity index (χ1n) is 8.47. The fourth-order valence-corrected chi connectivity index (χ4v) is 3.49. The first-order valence-corrected chi connectivity index (χ1v) is 9.45. The van der Waals surface area contributed by atoms with Crippen LogP contribution in [0.4, 0.5) is 5.69 Å². The fourth-order valence-electron chi connectivity index (χ4n) is 2.64. The number of anilines is 1. The van der Waals surface area contributed by atoms with Crippen LogP contribution in [0.2, 0.25) is 0 Å². The number of aromatic nitrogens is 2. The largest absolute Gasteiger partial charge is 0.325 e. The van der Waals surface area contributed by atoms with Crippen LogP contribution in [0, 0.1) is 0 Å². The zero-order valence-electron chi connectivity index (χ0n) is 15.2. The van der Waals surface area contributed by atoms with Gasteiger partial charge in [-0.1, -0.05) is 37.7 Å². The molecule has 0 aliphatic rings. The summed E-state index contributed by atoms with van der Waals surface area (Å²) in [4.78, 5) is 27.9. The molecule has 2 aromatic rings. The second-order valence-corrected chi connectivity index (χ2v) is 7.22. The SMILES string of the molecule is CCn1c(C(C)C)cnc1SCC(=O)Nc1cccc(CC(C)=O)c1. The number of hydrogen-bond donors (Lipinski definition) is 1. The summed E-state index contributed by atoms with van der Waals surface area (Å²) in [6.07, 6.45) is 2.27. The number of rotatable bonds is 8. The number of ketones is 1. The van der Waals surface area contributed by atoms with Gasteiger partial charge in [0.2, 0.25) is 5.91 Å². The number of nitrogens with one attached hydrogen (secondary N) is 1. The van der Waals surface area contributed by atoms with E-state index in [-0.39, 0.29) is 11.7 Å². The summed E-state index contributed by atoms with van der Waals surface area (Å²) < 4.78 is 2.15. The van der Waals surface area contributed by atoms with Gasteiger partial charge >= 0.3 is 0 Å². The minimum absolute atomic E-state index is 0.0817. The third-order valence-corrected chi connectivity index (χ3v) is 4.74. The average Bonchev–Trinajstić information content (AvgIpc) is 2.95. The predicted octanol–water partition coefficient (Wildman–Crippen LogP) is 3.89. The van der Waals surface area contributed by atoms with Crippen molar-refractivity contribution < 1.29 is 9.59 Å². The van der Waals surface area contributed by atoms with Crippen LogP contribution in [0.3, 0.4) is 0 Å². The minimum atomic E-state index is -0.0817. The molecule has 0 saturated carbocycles. The van der Waals surface area contributed by atoms with Crippen LogP contribution < -0.4 is 5.32 Å². The van der Waals surface area contributed by atoms with E-state index in [4.69, 9.17) is 0 Å². The van der Waals surface area contributed by atoms with Crippen LogP contribution in [0.1, 0.15) is 44.9 Å². The van der Waals surface area contributed by atoms with Gasteiger partial charge in [0.1, 0.15) is 5.78 Å². The van der Waals surface area contributed by atoms with Gasteiger partial charge in [-0.2, -0.15) is 0 Å². The average molecular weight is 359 g/mol. The minimum Gasteiger partial charge on any atom is -0.325 e. The van der Waals surface area contributed by atoms with Crippen molar-refractivity contribution >= 4 is 29.1 Å². The smallest absolute Gasteiger partial charge is 0.234 e. The molecule has 1 amide bonds. The molecule has 5 nitrogen and oxygen atoms in total. The highest BCUT2D eigenvalue weighted by Gasteiger charge is 2.13. The number of benzene rings is 1. The summed E-state index contributed by atoms with van der Waals surface area (Å²) in [6.45, 7) is 8.75. The Balaban J connectivity index is 1.96. The van der Waals surface area contributed by atoms with Gasteiger partial charge in [0.15, 0.2) is 5.16 Å². The van der Waals surface area contributed by atoms with E-state index in [1.165, 1.54) is 17.5 Å². The number of Topliss-reactive ketones (excluding diaryl/α,β-unsaturated/α-hetero) is 1. The summed E-state index contributed by atoms with van der Waals surface area (Å²) in [5.41, 5.74) is 2.80. The van der Waals surface area contributed by atoms with E-state index in [2.05, 4.69) is 35.6 Å². The van der Waals surface area contributed by atoms with Crippen molar-refractivity contribution in [3.8, 4) is 0 Å². The van der Waals surface area contributed by atoms with E-state index in [1.807, 2.05) is 30.5 Å². The van der Waals surface area contributed by atoms with Crippen molar-refractivity contribution in [2.45, 2.75) is 51.7 Å². The number of imidazole rings is 1. The molecule has 6 heteroatoms. The van der Waals surface area contributed by atoms with Gasteiger partial charge in [-0.3, -0.25) is 9.59 Å². The lowest BCUT2D eigenvalue weighted by Gasteiger charge is -2.11. The summed E-state index contributed by atoms with van der Waals surface area (Å²) in [7, 11) is 0. The van der Waals surface area contributed by atoms with Gasteiger partial charge in [-0.15, -0.1) is 0 Å². The zero-order valence-corrected chi connectivity index (χ0v) is 16.0. The molecular formula is C19H25N3O2S. The van der Waals surface area contributed by atoms with Gasteiger partial charge in [0, 0.05) is 30.5 Å². The van der Waals surface area contributed by atoms with Gasteiger partial charge < -0.3 is 9.88 Å². The van der Waals surface area contributed by atoms with E-state index >= 15 is 0 Å². The van der Waals surface area contributed by atoms with Crippen LogP contribution in [0.25, 0.3) is 0 Å².